The van der Waals surface area contributed by atoms with Crippen LogP contribution in [-0.2, 0) is 14.9 Å². The first-order valence-corrected chi connectivity index (χ1v) is 9.70. The summed E-state index contributed by atoms with van der Waals surface area (Å²) >= 11 is 0. The van der Waals surface area contributed by atoms with Gasteiger partial charge in [0.25, 0.3) is 0 Å². The Hall–Kier alpha value is -2.45. The van der Waals surface area contributed by atoms with Crippen molar-refractivity contribution in [1.82, 2.24) is 4.98 Å². The molecule has 2 atom stereocenters. The van der Waals surface area contributed by atoms with Gasteiger partial charge < -0.3 is 9.47 Å². The number of rotatable bonds is 4. The lowest BCUT2D eigenvalue weighted by molar-refractivity contribution is 0.0524. The lowest BCUT2D eigenvalue weighted by atomic mass is 9.90. The molecule has 1 saturated heterocycles. The predicted octanol–water partition coefficient (Wildman–Crippen LogP) is 4.11. The van der Waals surface area contributed by atoms with E-state index in [4.69, 9.17) is 14.5 Å². The molecule has 27 heavy (non-hydrogen) atoms. The number of esters is 1. The fraction of sp³-hybridized carbons (Fsp3) is 0.500. The second-order valence-electron chi connectivity index (χ2n) is 7.63. The lowest BCUT2D eigenvalue weighted by Gasteiger charge is -2.23. The van der Waals surface area contributed by atoms with E-state index in [-0.39, 0.29) is 5.92 Å². The standard InChI is InChI=1S/C22H24N2O3/c1-3-27-21(25)18-10-17-5-4-16(15-6-8-26-9-7-15)11-19(17)24-20(18)22(13-23)12-14(22)2/h4-5,10-11,14-15H,3,6-9,12H2,1-2H3. The summed E-state index contributed by atoms with van der Waals surface area (Å²) in [6.45, 7) is 5.69. The van der Waals surface area contributed by atoms with Crippen LogP contribution in [0.25, 0.3) is 10.9 Å². The summed E-state index contributed by atoms with van der Waals surface area (Å²) in [7, 11) is 0. The minimum absolute atomic E-state index is 0.194. The number of aromatic nitrogens is 1. The first-order chi connectivity index (χ1) is 13.1. The third kappa shape index (κ3) is 3.08. The molecule has 0 amide bonds. The molecular formula is C22H24N2O3. The van der Waals surface area contributed by atoms with E-state index in [1.54, 1.807) is 6.92 Å². The minimum Gasteiger partial charge on any atom is -0.462 e. The number of hydrogen-bond donors (Lipinski definition) is 0. The van der Waals surface area contributed by atoms with Crippen LogP contribution in [0.3, 0.4) is 0 Å². The zero-order chi connectivity index (χ0) is 19.0. The van der Waals surface area contributed by atoms with E-state index in [0.29, 0.717) is 23.8 Å². The highest BCUT2D eigenvalue weighted by Gasteiger charge is 2.56. The van der Waals surface area contributed by atoms with Gasteiger partial charge in [-0.1, -0.05) is 19.1 Å². The molecule has 1 aromatic heterocycles. The summed E-state index contributed by atoms with van der Waals surface area (Å²) in [4.78, 5) is 17.4. The van der Waals surface area contributed by atoms with Crippen molar-refractivity contribution >= 4 is 16.9 Å². The van der Waals surface area contributed by atoms with Gasteiger partial charge in [0.05, 0.1) is 29.5 Å². The highest BCUT2D eigenvalue weighted by molar-refractivity contribution is 5.96. The van der Waals surface area contributed by atoms with E-state index in [0.717, 1.165) is 43.4 Å². The molecule has 5 heteroatoms. The van der Waals surface area contributed by atoms with E-state index in [1.807, 2.05) is 19.1 Å². The zero-order valence-electron chi connectivity index (χ0n) is 15.8. The van der Waals surface area contributed by atoms with Crippen molar-refractivity contribution in [2.45, 2.75) is 44.4 Å². The van der Waals surface area contributed by atoms with Crippen LogP contribution in [0.5, 0.6) is 0 Å². The smallest absolute Gasteiger partial charge is 0.340 e. The van der Waals surface area contributed by atoms with E-state index < -0.39 is 11.4 Å². The number of nitriles is 1. The van der Waals surface area contributed by atoms with E-state index in [2.05, 4.69) is 18.2 Å². The molecule has 0 spiro atoms. The molecule has 1 saturated carbocycles. The molecule has 1 aliphatic heterocycles. The Morgan fingerprint density at radius 1 is 1.37 bits per heavy atom. The Labute approximate surface area is 159 Å². The van der Waals surface area contributed by atoms with Gasteiger partial charge in [0.1, 0.15) is 5.41 Å². The van der Waals surface area contributed by atoms with Crippen LogP contribution in [-0.4, -0.2) is 30.8 Å². The van der Waals surface area contributed by atoms with Crippen LogP contribution >= 0.6 is 0 Å². The van der Waals surface area contributed by atoms with Crippen molar-refractivity contribution in [3.63, 3.8) is 0 Å². The molecule has 1 aromatic carbocycles. The molecule has 4 rings (SSSR count). The molecule has 2 aliphatic rings. The van der Waals surface area contributed by atoms with E-state index in [9.17, 15) is 10.1 Å². The molecule has 0 radical (unpaired) electrons. The molecule has 2 unspecified atom stereocenters. The number of pyridine rings is 1. The monoisotopic (exact) mass is 364 g/mol. The van der Waals surface area contributed by atoms with Crippen LogP contribution in [0, 0.1) is 17.2 Å². The van der Waals surface area contributed by atoms with Gasteiger partial charge in [0, 0.05) is 18.6 Å². The molecule has 2 heterocycles. The predicted molar refractivity (Wildman–Crippen MR) is 102 cm³/mol. The average molecular weight is 364 g/mol. The van der Waals surface area contributed by atoms with Crippen molar-refractivity contribution < 1.29 is 14.3 Å². The minimum atomic E-state index is -0.676. The fourth-order valence-electron chi connectivity index (χ4n) is 4.14. The first-order valence-electron chi connectivity index (χ1n) is 9.70. The van der Waals surface area contributed by atoms with Gasteiger partial charge >= 0.3 is 5.97 Å². The summed E-state index contributed by atoms with van der Waals surface area (Å²) in [6, 6.07) is 10.5. The third-order valence-corrected chi connectivity index (χ3v) is 5.96. The van der Waals surface area contributed by atoms with Crippen molar-refractivity contribution in [2.75, 3.05) is 19.8 Å². The normalized spacial score (nSPS) is 25.1. The van der Waals surface area contributed by atoms with Crippen LogP contribution < -0.4 is 0 Å². The van der Waals surface area contributed by atoms with Crippen LogP contribution in [0.4, 0.5) is 0 Å². The number of hydrogen-bond acceptors (Lipinski definition) is 5. The van der Waals surface area contributed by atoms with Gasteiger partial charge in [-0.2, -0.15) is 5.26 Å². The lowest BCUT2D eigenvalue weighted by Crippen LogP contribution is -2.18. The van der Waals surface area contributed by atoms with Gasteiger partial charge in [-0.3, -0.25) is 4.98 Å². The van der Waals surface area contributed by atoms with Gasteiger partial charge in [-0.05, 0) is 55.7 Å². The first kappa shape index (κ1) is 17.9. The molecule has 2 aromatic rings. The van der Waals surface area contributed by atoms with Gasteiger partial charge in [-0.25, -0.2) is 4.79 Å². The van der Waals surface area contributed by atoms with E-state index in [1.165, 1.54) is 5.56 Å². The van der Waals surface area contributed by atoms with E-state index >= 15 is 0 Å². The number of ether oxygens (including phenoxy) is 2. The van der Waals surface area contributed by atoms with Crippen LogP contribution in [0.2, 0.25) is 0 Å². The van der Waals surface area contributed by atoms with Crippen LogP contribution in [0.1, 0.15) is 60.6 Å². The number of fused-ring (bicyclic) bond motifs is 1. The Balaban J connectivity index is 1.82. The van der Waals surface area contributed by atoms with Crippen molar-refractivity contribution in [3.05, 3.63) is 41.1 Å². The Morgan fingerprint density at radius 2 is 2.11 bits per heavy atom. The Morgan fingerprint density at radius 3 is 2.74 bits per heavy atom. The number of benzene rings is 1. The molecule has 2 fully saturated rings. The second kappa shape index (κ2) is 6.94. The summed E-state index contributed by atoms with van der Waals surface area (Å²) in [5.41, 5.74) is 2.42. The molecule has 5 nitrogen and oxygen atoms in total. The zero-order valence-corrected chi connectivity index (χ0v) is 15.8. The fourth-order valence-corrected chi connectivity index (χ4v) is 4.14. The molecule has 1 aliphatic carbocycles. The van der Waals surface area contributed by atoms with Gasteiger partial charge in [0.15, 0.2) is 0 Å². The summed E-state index contributed by atoms with van der Waals surface area (Å²) in [5, 5.41) is 10.7. The van der Waals surface area contributed by atoms with Crippen molar-refractivity contribution in [2.24, 2.45) is 5.92 Å². The SMILES string of the molecule is CCOC(=O)c1cc2ccc(C3CCOCC3)cc2nc1C1(C#N)CC1C. The molecular weight excluding hydrogens is 340 g/mol. The number of nitrogens with zero attached hydrogens (tertiary/aromatic N) is 2. The largest absolute Gasteiger partial charge is 0.462 e. The Bertz CT molecular complexity index is 927. The summed E-state index contributed by atoms with van der Waals surface area (Å²) in [5.74, 6) is 0.270. The highest BCUT2D eigenvalue weighted by atomic mass is 16.5. The topological polar surface area (TPSA) is 72.2 Å². The molecule has 140 valence electrons. The summed E-state index contributed by atoms with van der Waals surface area (Å²) in [6.07, 6.45) is 2.75. The van der Waals surface area contributed by atoms with Crippen molar-refractivity contribution in [3.8, 4) is 6.07 Å². The van der Waals surface area contributed by atoms with Crippen molar-refractivity contribution in [1.29, 1.82) is 5.26 Å². The van der Waals surface area contributed by atoms with Gasteiger partial charge in [-0.15, -0.1) is 0 Å². The highest BCUT2D eigenvalue weighted by Crippen LogP contribution is 2.54. The maximum Gasteiger partial charge on any atom is 0.340 e. The summed E-state index contributed by atoms with van der Waals surface area (Å²) < 4.78 is 10.7. The third-order valence-electron chi connectivity index (χ3n) is 5.96. The number of carbonyl (C=O) groups excluding carboxylic acids is 1. The maximum absolute atomic E-state index is 12.5. The molecule has 0 N–H and O–H groups in total. The number of carbonyl (C=O) groups is 1. The van der Waals surface area contributed by atoms with Crippen LogP contribution in [0.15, 0.2) is 24.3 Å². The maximum atomic E-state index is 12.5. The quantitative estimate of drug-likeness (QED) is 0.764. The average Bonchev–Trinajstić information content (AvgIpc) is 3.38. The Kier molecular flexibility index (Phi) is 4.61. The second-order valence-corrected chi connectivity index (χ2v) is 7.63. The molecule has 0 bridgehead atoms. The van der Waals surface area contributed by atoms with Gasteiger partial charge in [0.2, 0.25) is 0 Å².